The van der Waals surface area contributed by atoms with Crippen LogP contribution in [0.15, 0.2) is 24.3 Å². The van der Waals surface area contributed by atoms with Crippen molar-refractivity contribution in [2.75, 3.05) is 13.2 Å². The Kier molecular flexibility index (Phi) is 57.5. The zero-order chi connectivity index (χ0) is 50.0. The number of aliphatic hydroxyl groups is 2. The third-order valence-corrected chi connectivity index (χ3v) is 14.5. The number of hydrogen-bond acceptors (Lipinski definition) is 5. The van der Waals surface area contributed by atoms with Gasteiger partial charge in [0, 0.05) is 12.8 Å². The Hall–Kier alpha value is -1.66. The Morgan fingerprint density at radius 3 is 1.03 bits per heavy atom. The SMILES string of the molecule is CCCCCCCCC/C=C\CCCCCCCCCC(=O)OCCCCCC/C=C\CCCCCCCCCC(=O)NC(CO)C(O)CCCCCCCCCCCCCCCCCCCCC. The number of rotatable bonds is 58. The van der Waals surface area contributed by atoms with Crippen LogP contribution in [0.25, 0.3) is 0 Å². The molecule has 0 rings (SSSR count). The highest BCUT2D eigenvalue weighted by molar-refractivity contribution is 5.76. The molecule has 2 unspecified atom stereocenters. The van der Waals surface area contributed by atoms with Gasteiger partial charge < -0.3 is 20.3 Å². The van der Waals surface area contributed by atoms with Crippen LogP contribution in [0.5, 0.6) is 0 Å². The second kappa shape index (κ2) is 58.9. The molecule has 0 aliphatic rings. The van der Waals surface area contributed by atoms with E-state index in [4.69, 9.17) is 4.74 Å². The molecule has 0 bridgehead atoms. The fraction of sp³-hybridized carbons (Fsp3) is 0.905. The molecule has 69 heavy (non-hydrogen) atoms. The van der Waals surface area contributed by atoms with E-state index in [-0.39, 0.29) is 18.5 Å². The average molecular weight is 973 g/mol. The first-order valence-corrected chi connectivity index (χ1v) is 31.1. The van der Waals surface area contributed by atoms with Crippen molar-refractivity contribution in [2.45, 2.75) is 353 Å². The first-order valence-electron chi connectivity index (χ1n) is 31.1. The number of allylic oxidation sites excluding steroid dienone is 4. The maximum absolute atomic E-state index is 12.5. The van der Waals surface area contributed by atoms with Gasteiger partial charge in [0.2, 0.25) is 5.91 Å². The summed E-state index contributed by atoms with van der Waals surface area (Å²) in [6.07, 6.45) is 71.8. The van der Waals surface area contributed by atoms with Crippen molar-refractivity contribution < 1.29 is 24.5 Å². The minimum absolute atomic E-state index is 0.0122. The van der Waals surface area contributed by atoms with Crippen LogP contribution in [-0.4, -0.2) is 47.4 Å². The minimum Gasteiger partial charge on any atom is -0.466 e. The zero-order valence-electron chi connectivity index (χ0n) is 46.6. The Bertz CT molecular complexity index is 1080. The largest absolute Gasteiger partial charge is 0.466 e. The van der Waals surface area contributed by atoms with Gasteiger partial charge in [-0.05, 0) is 77.0 Å². The Balaban J connectivity index is 3.46. The minimum atomic E-state index is -0.675. The van der Waals surface area contributed by atoms with Gasteiger partial charge in [-0.1, -0.05) is 276 Å². The molecule has 0 saturated heterocycles. The summed E-state index contributed by atoms with van der Waals surface area (Å²) >= 11 is 0. The molecule has 408 valence electrons. The van der Waals surface area contributed by atoms with E-state index >= 15 is 0 Å². The molecule has 3 N–H and O–H groups in total. The van der Waals surface area contributed by atoms with Crippen molar-refractivity contribution in [2.24, 2.45) is 0 Å². The highest BCUT2D eigenvalue weighted by Gasteiger charge is 2.20. The molecule has 0 aromatic heterocycles. The lowest BCUT2D eigenvalue weighted by Crippen LogP contribution is -2.45. The summed E-state index contributed by atoms with van der Waals surface area (Å²) in [7, 11) is 0. The predicted octanol–water partition coefficient (Wildman–Crippen LogP) is 19.4. The fourth-order valence-electron chi connectivity index (χ4n) is 9.69. The number of aliphatic hydroxyl groups excluding tert-OH is 2. The molecule has 0 aliphatic heterocycles. The van der Waals surface area contributed by atoms with Crippen molar-refractivity contribution in [3.8, 4) is 0 Å². The van der Waals surface area contributed by atoms with Crippen molar-refractivity contribution in [1.29, 1.82) is 0 Å². The molecule has 0 saturated carbocycles. The summed E-state index contributed by atoms with van der Waals surface area (Å²) in [5.41, 5.74) is 0. The van der Waals surface area contributed by atoms with E-state index in [1.54, 1.807) is 0 Å². The number of nitrogens with one attached hydrogen (secondary N) is 1. The fourth-order valence-corrected chi connectivity index (χ4v) is 9.69. The summed E-state index contributed by atoms with van der Waals surface area (Å²) < 4.78 is 5.48. The van der Waals surface area contributed by atoms with E-state index in [1.165, 1.54) is 238 Å². The van der Waals surface area contributed by atoms with Crippen molar-refractivity contribution in [1.82, 2.24) is 5.32 Å². The molecule has 0 aliphatic carbocycles. The van der Waals surface area contributed by atoms with E-state index in [1.807, 2.05) is 0 Å². The third kappa shape index (κ3) is 55.5. The normalized spacial score (nSPS) is 12.7. The first-order chi connectivity index (χ1) is 34.0. The van der Waals surface area contributed by atoms with Crippen LogP contribution in [-0.2, 0) is 14.3 Å². The molecule has 0 aromatic carbocycles. The number of amides is 1. The van der Waals surface area contributed by atoms with Gasteiger partial charge in [-0.15, -0.1) is 0 Å². The standard InChI is InChI=1S/C63H121NO5/c1-3-5-7-9-11-13-15-17-19-21-23-24-27-31-35-39-43-47-51-55-61(66)60(59-65)64-62(67)56-52-48-44-40-36-32-28-26-30-34-38-42-46-50-54-58-69-63(68)57-53-49-45-41-37-33-29-25-22-20-18-16-14-12-10-8-6-4-2/h20,22,30,34,60-61,65-66H,3-19,21,23-29,31-33,35-59H2,1-2H3,(H,64,67)/b22-20-,34-30-. The topological polar surface area (TPSA) is 95.9 Å². The van der Waals surface area contributed by atoms with E-state index in [2.05, 4.69) is 43.5 Å². The zero-order valence-corrected chi connectivity index (χ0v) is 46.6. The quantitative estimate of drug-likeness (QED) is 0.0321. The maximum Gasteiger partial charge on any atom is 0.305 e. The van der Waals surface area contributed by atoms with Gasteiger partial charge in [0.25, 0.3) is 0 Å². The summed E-state index contributed by atoms with van der Waals surface area (Å²) in [4.78, 5) is 24.6. The molecule has 2 atom stereocenters. The summed E-state index contributed by atoms with van der Waals surface area (Å²) in [5, 5.41) is 23.3. The third-order valence-electron chi connectivity index (χ3n) is 14.5. The van der Waals surface area contributed by atoms with Crippen LogP contribution < -0.4 is 5.32 Å². The number of carbonyl (C=O) groups is 2. The molecular formula is C63H121NO5. The molecule has 0 radical (unpaired) electrons. The van der Waals surface area contributed by atoms with Gasteiger partial charge in [0.15, 0.2) is 0 Å². The molecule has 6 heteroatoms. The van der Waals surface area contributed by atoms with Gasteiger partial charge in [-0.25, -0.2) is 0 Å². The Labute approximate surface area is 431 Å². The highest BCUT2D eigenvalue weighted by Crippen LogP contribution is 2.17. The van der Waals surface area contributed by atoms with Crippen molar-refractivity contribution in [3.05, 3.63) is 24.3 Å². The van der Waals surface area contributed by atoms with Gasteiger partial charge in [0.05, 0.1) is 25.4 Å². The lowest BCUT2D eigenvalue weighted by molar-refractivity contribution is -0.143. The van der Waals surface area contributed by atoms with E-state index in [9.17, 15) is 19.8 Å². The second-order valence-electron chi connectivity index (χ2n) is 21.4. The van der Waals surface area contributed by atoms with Crippen LogP contribution in [0.1, 0.15) is 341 Å². The molecule has 0 fully saturated rings. The van der Waals surface area contributed by atoms with Crippen LogP contribution in [0, 0.1) is 0 Å². The number of carbonyl (C=O) groups excluding carboxylic acids is 2. The summed E-state index contributed by atoms with van der Waals surface area (Å²) in [5.74, 6) is -0.0597. The monoisotopic (exact) mass is 972 g/mol. The van der Waals surface area contributed by atoms with Crippen LogP contribution >= 0.6 is 0 Å². The van der Waals surface area contributed by atoms with E-state index in [0.29, 0.717) is 25.9 Å². The van der Waals surface area contributed by atoms with Crippen molar-refractivity contribution >= 4 is 11.9 Å². The number of hydrogen-bond donors (Lipinski definition) is 3. The summed E-state index contributed by atoms with van der Waals surface area (Å²) in [6.45, 7) is 4.94. The predicted molar refractivity (Wildman–Crippen MR) is 301 cm³/mol. The van der Waals surface area contributed by atoms with Crippen LogP contribution in [0.4, 0.5) is 0 Å². The maximum atomic E-state index is 12.5. The first kappa shape index (κ1) is 67.3. The molecule has 1 amide bonds. The highest BCUT2D eigenvalue weighted by atomic mass is 16.5. The van der Waals surface area contributed by atoms with E-state index < -0.39 is 12.1 Å². The second-order valence-corrected chi connectivity index (χ2v) is 21.4. The number of ether oxygens (including phenoxy) is 1. The molecule has 0 heterocycles. The Morgan fingerprint density at radius 1 is 0.391 bits per heavy atom. The van der Waals surface area contributed by atoms with Crippen LogP contribution in [0.2, 0.25) is 0 Å². The summed E-state index contributed by atoms with van der Waals surface area (Å²) in [6, 6.07) is -0.554. The number of esters is 1. The molecule has 6 nitrogen and oxygen atoms in total. The van der Waals surface area contributed by atoms with Crippen LogP contribution in [0.3, 0.4) is 0 Å². The van der Waals surface area contributed by atoms with Crippen molar-refractivity contribution in [3.63, 3.8) is 0 Å². The van der Waals surface area contributed by atoms with Gasteiger partial charge in [-0.2, -0.15) is 0 Å². The molecular weight excluding hydrogens is 851 g/mol. The smallest absolute Gasteiger partial charge is 0.305 e. The van der Waals surface area contributed by atoms with E-state index in [0.717, 1.165) is 70.6 Å². The number of unbranched alkanes of at least 4 members (excludes halogenated alkanes) is 43. The van der Waals surface area contributed by atoms with Gasteiger partial charge in [0.1, 0.15) is 0 Å². The Morgan fingerprint density at radius 2 is 0.681 bits per heavy atom. The lowest BCUT2D eigenvalue weighted by Gasteiger charge is -2.22. The molecule has 0 aromatic rings. The lowest BCUT2D eigenvalue weighted by atomic mass is 10.0. The van der Waals surface area contributed by atoms with Gasteiger partial charge >= 0.3 is 5.97 Å². The molecule has 0 spiro atoms. The van der Waals surface area contributed by atoms with Gasteiger partial charge in [-0.3, -0.25) is 9.59 Å². The average Bonchev–Trinajstić information content (AvgIpc) is 3.35.